The van der Waals surface area contributed by atoms with Gasteiger partial charge >= 0.3 is 0 Å². The van der Waals surface area contributed by atoms with Gasteiger partial charge in [0.2, 0.25) is 5.91 Å². The number of benzene rings is 1. The van der Waals surface area contributed by atoms with E-state index < -0.39 is 0 Å². The second-order valence-electron chi connectivity index (χ2n) is 6.42. The van der Waals surface area contributed by atoms with Gasteiger partial charge in [-0.05, 0) is 41.5 Å². The second-order valence-corrected chi connectivity index (χ2v) is 6.42. The van der Waals surface area contributed by atoms with E-state index in [1.807, 2.05) is 17.2 Å². The van der Waals surface area contributed by atoms with Crippen molar-refractivity contribution >= 4 is 5.91 Å². The highest BCUT2D eigenvalue weighted by Crippen LogP contribution is 2.36. The Bertz CT molecular complexity index is 677. The lowest BCUT2D eigenvalue weighted by molar-refractivity contribution is -0.136. The number of aryl methyl sites for hydroxylation is 1. The van der Waals surface area contributed by atoms with Crippen LogP contribution in [0.25, 0.3) is 0 Å². The molecule has 0 bridgehead atoms. The van der Waals surface area contributed by atoms with Crippen LogP contribution >= 0.6 is 0 Å². The quantitative estimate of drug-likeness (QED) is 0.871. The van der Waals surface area contributed by atoms with Crippen molar-refractivity contribution < 1.29 is 4.79 Å². The average molecular weight is 292 g/mol. The van der Waals surface area contributed by atoms with E-state index in [1.165, 1.54) is 16.7 Å². The summed E-state index contributed by atoms with van der Waals surface area (Å²) in [6, 6.07) is 12.6. The van der Waals surface area contributed by atoms with Crippen molar-refractivity contribution in [3.05, 3.63) is 65.5 Å². The Labute approximate surface area is 131 Å². The van der Waals surface area contributed by atoms with Crippen LogP contribution in [-0.4, -0.2) is 28.9 Å². The summed E-state index contributed by atoms with van der Waals surface area (Å²) in [5.74, 6) is 1.19. The second kappa shape index (κ2) is 5.56. The number of amides is 1. The third-order valence-electron chi connectivity index (χ3n) is 5.07. The summed E-state index contributed by atoms with van der Waals surface area (Å²) in [5, 5.41) is 0. The van der Waals surface area contributed by atoms with Gasteiger partial charge in [-0.1, -0.05) is 30.3 Å². The molecule has 2 aromatic rings. The normalized spacial score (nSPS) is 20.5. The number of carbonyl (C=O) groups excluding carboxylic acids is 1. The molecule has 22 heavy (non-hydrogen) atoms. The van der Waals surface area contributed by atoms with Crippen molar-refractivity contribution in [2.45, 2.75) is 31.1 Å². The van der Waals surface area contributed by atoms with Crippen LogP contribution in [0.3, 0.4) is 0 Å². The molecule has 0 saturated carbocycles. The van der Waals surface area contributed by atoms with E-state index in [1.54, 1.807) is 6.20 Å². The van der Waals surface area contributed by atoms with Crippen LogP contribution in [0.5, 0.6) is 0 Å². The van der Waals surface area contributed by atoms with Crippen LogP contribution in [0.2, 0.25) is 0 Å². The number of fused-ring (bicyclic) bond motifs is 1. The van der Waals surface area contributed by atoms with Crippen LogP contribution in [0, 0.1) is 0 Å². The summed E-state index contributed by atoms with van der Waals surface area (Å²) < 4.78 is 0. The first-order valence-electron chi connectivity index (χ1n) is 8.07. The van der Waals surface area contributed by atoms with Gasteiger partial charge in [0.25, 0.3) is 0 Å². The monoisotopic (exact) mass is 292 g/mol. The predicted molar refractivity (Wildman–Crippen MR) is 85.7 cm³/mol. The number of hydrogen-bond donors (Lipinski definition) is 0. The van der Waals surface area contributed by atoms with Crippen molar-refractivity contribution in [1.29, 1.82) is 0 Å². The zero-order valence-corrected chi connectivity index (χ0v) is 12.6. The Balaban J connectivity index is 1.35. The maximum atomic E-state index is 12.5. The Morgan fingerprint density at radius 2 is 2.05 bits per heavy atom. The highest BCUT2D eigenvalue weighted by atomic mass is 16.2. The first-order chi connectivity index (χ1) is 10.8. The van der Waals surface area contributed by atoms with Gasteiger partial charge in [0.05, 0.1) is 0 Å². The fraction of sp³-hybridized carbons (Fsp3) is 0.368. The van der Waals surface area contributed by atoms with Gasteiger partial charge in [0.1, 0.15) is 0 Å². The molecule has 0 unspecified atom stereocenters. The van der Waals surface area contributed by atoms with Gasteiger partial charge < -0.3 is 4.90 Å². The first kappa shape index (κ1) is 13.5. The van der Waals surface area contributed by atoms with Crippen molar-refractivity contribution in [2.24, 2.45) is 0 Å². The van der Waals surface area contributed by atoms with Gasteiger partial charge in [-0.15, -0.1) is 0 Å². The predicted octanol–water partition coefficient (Wildman–Crippen LogP) is 3.13. The van der Waals surface area contributed by atoms with Gasteiger partial charge in [-0.2, -0.15) is 0 Å². The average Bonchev–Trinajstić information content (AvgIpc) is 2.90. The molecule has 112 valence electrons. The van der Waals surface area contributed by atoms with Gasteiger partial charge in [-0.3, -0.25) is 9.78 Å². The van der Waals surface area contributed by atoms with Crippen molar-refractivity contribution in [3.63, 3.8) is 0 Å². The summed E-state index contributed by atoms with van der Waals surface area (Å²) in [4.78, 5) is 18.6. The molecule has 1 atom stereocenters. The molecule has 1 aromatic carbocycles. The number of hydrogen-bond acceptors (Lipinski definition) is 2. The lowest BCUT2D eigenvalue weighted by Crippen LogP contribution is -2.48. The minimum absolute atomic E-state index is 0.307. The number of likely N-dealkylation sites (tertiary alicyclic amines) is 1. The van der Waals surface area contributed by atoms with Crippen LogP contribution in [0.1, 0.15) is 41.4 Å². The Kier molecular flexibility index (Phi) is 3.41. The molecule has 0 N–H and O–H groups in total. The molecule has 4 rings (SSSR count). The van der Waals surface area contributed by atoms with E-state index >= 15 is 0 Å². The molecule has 2 heterocycles. The maximum Gasteiger partial charge on any atom is 0.223 e. The Morgan fingerprint density at radius 3 is 2.86 bits per heavy atom. The zero-order valence-electron chi connectivity index (χ0n) is 12.6. The molecule has 3 heteroatoms. The van der Waals surface area contributed by atoms with E-state index in [0.29, 0.717) is 24.2 Å². The van der Waals surface area contributed by atoms with Crippen molar-refractivity contribution in [2.75, 3.05) is 13.1 Å². The summed E-state index contributed by atoms with van der Waals surface area (Å²) >= 11 is 0. The van der Waals surface area contributed by atoms with Crippen molar-refractivity contribution in [3.8, 4) is 0 Å². The van der Waals surface area contributed by atoms with E-state index in [2.05, 4.69) is 35.3 Å². The highest BCUT2D eigenvalue weighted by molar-refractivity contribution is 5.78. The number of aromatic nitrogens is 1. The smallest absolute Gasteiger partial charge is 0.223 e. The third-order valence-corrected chi connectivity index (χ3v) is 5.07. The molecule has 1 aromatic heterocycles. The molecule has 2 aliphatic rings. The summed E-state index contributed by atoms with van der Waals surface area (Å²) in [7, 11) is 0. The Morgan fingerprint density at radius 1 is 1.18 bits per heavy atom. The SMILES string of the molecule is O=C(C[C@H]1CCc2ccccc21)N1CC(c2cccnc2)C1. The molecule has 0 radical (unpaired) electrons. The number of carbonyl (C=O) groups is 1. The first-order valence-corrected chi connectivity index (χ1v) is 8.07. The molecule has 1 amide bonds. The van der Waals surface area contributed by atoms with E-state index in [0.717, 1.165) is 25.9 Å². The van der Waals surface area contributed by atoms with Crippen molar-refractivity contribution in [1.82, 2.24) is 9.88 Å². The fourth-order valence-corrected chi connectivity index (χ4v) is 3.71. The van der Waals surface area contributed by atoms with E-state index in [9.17, 15) is 4.79 Å². The van der Waals surface area contributed by atoms with Crippen LogP contribution < -0.4 is 0 Å². The molecule has 1 fully saturated rings. The van der Waals surface area contributed by atoms with E-state index in [4.69, 9.17) is 0 Å². The molecule has 3 nitrogen and oxygen atoms in total. The van der Waals surface area contributed by atoms with Gasteiger partial charge in [0.15, 0.2) is 0 Å². The van der Waals surface area contributed by atoms with Crippen LogP contribution in [0.4, 0.5) is 0 Å². The zero-order chi connectivity index (χ0) is 14.9. The largest absolute Gasteiger partial charge is 0.341 e. The van der Waals surface area contributed by atoms with E-state index in [-0.39, 0.29) is 0 Å². The molecule has 1 aliphatic heterocycles. The molecule has 0 spiro atoms. The number of nitrogens with zero attached hydrogens (tertiary/aromatic N) is 2. The topological polar surface area (TPSA) is 33.2 Å². The fourth-order valence-electron chi connectivity index (χ4n) is 3.71. The lowest BCUT2D eigenvalue weighted by atomic mass is 9.90. The molecular weight excluding hydrogens is 272 g/mol. The summed E-state index contributed by atoms with van der Waals surface area (Å²) in [6.07, 6.45) is 6.61. The van der Waals surface area contributed by atoms with Crippen LogP contribution in [-0.2, 0) is 11.2 Å². The van der Waals surface area contributed by atoms with Gasteiger partial charge in [-0.25, -0.2) is 0 Å². The summed E-state index contributed by atoms with van der Waals surface area (Å²) in [6.45, 7) is 1.69. The number of pyridine rings is 1. The van der Waals surface area contributed by atoms with Crippen LogP contribution in [0.15, 0.2) is 48.8 Å². The minimum atomic E-state index is 0.307. The molecule has 1 saturated heterocycles. The lowest BCUT2D eigenvalue weighted by Gasteiger charge is -2.40. The third kappa shape index (κ3) is 2.41. The summed E-state index contributed by atoms with van der Waals surface area (Å²) in [5.41, 5.74) is 4.06. The highest BCUT2D eigenvalue weighted by Gasteiger charge is 2.34. The van der Waals surface area contributed by atoms with Gasteiger partial charge in [0, 0.05) is 37.8 Å². The maximum absolute atomic E-state index is 12.5. The molecular formula is C19H20N2O. The molecule has 1 aliphatic carbocycles. The minimum Gasteiger partial charge on any atom is -0.341 e. The number of rotatable bonds is 3. The Hall–Kier alpha value is -2.16. The standard InChI is InChI=1S/C19H20N2O/c22-19(10-15-8-7-14-4-1-2-6-18(14)15)21-12-17(13-21)16-5-3-9-20-11-16/h1-6,9,11,15,17H,7-8,10,12-13H2/t15-/m1/s1.